The molecule has 0 spiro atoms. The van der Waals surface area contributed by atoms with E-state index >= 15 is 4.79 Å². The van der Waals surface area contributed by atoms with Gasteiger partial charge < -0.3 is 14.7 Å². The second-order valence-electron chi connectivity index (χ2n) is 15.1. The summed E-state index contributed by atoms with van der Waals surface area (Å²) in [6.07, 6.45) is -2.19. The molecule has 16 heteroatoms. The molecule has 3 aliphatic heterocycles. The van der Waals surface area contributed by atoms with Gasteiger partial charge in [-0.3, -0.25) is 29.5 Å². The molecule has 1 saturated carbocycles. The van der Waals surface area contributed by atoms with Gasteiger partial charge in [0.1, 0.15) is 5.75 Å². The van der Waals surface area contributed by atoms with Gasteiger partial charge in [-0.1, -0.05) is 59.1 Å². The van der Waals surface area contributed by atoms with E-state index < -0.39 is 69.5 Å². The minimum atomic E-state index is -4.75. The van der Waals surface area contributed by atoms with Crippen LogP contribution in [0.3, 0.4) is 0 Å². The van der Waals surface area contributed by atoms with Gasteiger partial charge in [-0.25, -0.2) is 4.98 Å². The van der Waals surface area contributed by atoms with Crippen LogP contribution in [0.15, 0.2) is 96.7 Å². The Morgan fingerprint density at radius 3 is 2.24 bits per heavy atom. The van der Waals surface area contributed by atoms with E-state index in [2.05, 4.69) is 15.3 Å². The molecular weight excluding hydrogens is 798 g/mol. The van der Waals surface area contributed by atoms with Crippen LogP contribution in [0.4, 0.5) is 30.4 Å². The number of amides is 4. The molecule has 0 radical (unpaired) electrons. The average molecular weight is 833 g/mol. The topological polar surface area (TPSA) is 132 Å². The third kappa shape index (κ3) is 5.94. The number of allylic oxidation sites excluding steroid dienone is 2. The van der Waals surface area contributed by atoms with E-state index in [4.69, 9.17) is 27.9 Å². The Morgan fingerprint density at radius 2 is 1.57 bits per heavy atom. The van der Waals surface area contributed by atoms with Crippen molar-refractivity contribution in [3.05, 3.63) is 123 Å². The van der Waals surface area contributed by atoms with Crippen LogP contribution in [-0.2, 0) is 35.5 Å². The number of halogens is 5. The Kier molecular flexibility index (Phi) is 9.29. The highest BCUT2D eigenvalue weighted by Crippen LogP contribution is 2.64. The first kappa shape index (κ1) is 38.1. The maximum Gasteiger partial charge on any atom is 0.417 e. The number of phenols is 1. The number of pyridine rings is 1. The van der Waals surface area contributed by atoms with Gasteiger partial charge in [0.25, 0.3) is 11.8 Å². The lowest BCUT2D eigenvalue weighted by atomic mass is 9.49. The van der Waals surface area contributed by atoms with Gasteiger partial charge in [-0.05, 0) is 84.5 Å². The molecule has 2 N–H and O–H groups in total. The van der Waals surface area contributed by atoms with Crippen molar-refractivity contribution in [2.75, 3.05) is 41.5 Å². The summed E-state index contributed by atoms with van der Waals surface area (Å²) in [6.45, 7) is 2.61. The highest BCUT2D eigenvalue weighted by atomic mass is 35.5. The molecule has 2 aliphatic carbocycles. The minimum Gasteiger partial charge on any atom is -0.508 e. The number of aromatic hydroxyl groups is 1. The molecule has 9 rings (SSSR count). The number of morpholine rings is 1. The van der Waals surface area contributed by atoms with Gasteiger partial charge in [-0.2, -0.15) is 18.2 Å². The number of nitrogens with zero attached hydrogens (tertiary/aromatic N) is 4. The van der Waals surface area contributed by atoms with Crippen molar-refractivity contribution in [1.29, 1.82) is 0 Å². The van der Waals surface area contributed by atoms with Crippen LogP contribution in [0.25, 0.3) is 0 Å². The number of rotatable bonds is 6. The normalized spacial score (nSPS) is 27.0. The highest BCUT2D eigenvalue weighted by Gasteiger charge is 2.70. The standard InChI is InChI=1S/C42H34Cl2F3N5O6/c43-25-6-4-23(5-7-25)41-32(38(55)52(40(41)57)49-36-33(44)19-24(21-48-36)42(45,46)47)20-31-29(35(41)22-2-1-3-28(53)18-22)12-13-30-34(31)39(56)51(37(30)54)27-10-8-26(9-11-27)50-14-16-58-17-15-50/h1-12,18-19,21,30-32,34-35,53H,13-17,20H2,(H,48,49)/t30-,31+,32-,34-,35-,41+/m0/s1. The molecule has 0 unspecified atom stereocenters. The van der Waals surface area contributed by atoms with E-state index in [-0.39, 0.29) is 30.3 Å². The summed E-state index contributed by atoms with van der Waals surface area (Å²) >= 11 is 12.6. The number of fused-ring (bicyclic) bond motifs is 4. The number of nitrogens with one attached hydrogen (secondary N) is 1. The number of hydrogen-bond acceptors (Lipinski definition) is 9. The van der Waals surface area contributed by atoms with Crippen molar-refractivity contribution < 1.29 is 42.2 Å². The second-order valence-corrected chi connectivity index (χ2v) is 16.0. The predicted octanol–water partition coefficient (Wildman–Crippen LogP) is 7.14. The fourth-order valence-corrected chi connectivity index (χ4v) is 10.1. The predicted molar refractivity (Wildman–Crippen MR) is 207 cm³/mol. The van der Waals surface area contributed by atoms with Crippen molar-refractivity contribution in [3.8, 4) is 5.75 Å². The van der Waals surface area contributed by atoms with E-state index in [1.54, 1.807) is 48.5 Å². The number of carbonyl (C=O) groups is 4. The number of phenolic OH excluding ortho intramolecular Hbond substituents is 1. The fraction of sp³-hybridized carbons (Fsp3) is 0.310. The van der Waals surface area contributed by atoms with Gasteiger partial charge >= 0.3 is 6.18 Å². The van der Waals surface area contributed by atoms with Gasteiger partial charge in [0.15, 0.2) is 5.82 Å². The Labute approximate surface area is 339 Å². The molecule has 1 aromatic heterocycles. The molecular formula is C42H34Cl2F3N5O6. The van der Waals surface area contributed by atoms with Gasteiger partial charge in [0, 0.05) is 35.9 Å². The number of imide groups is 2. The van der Waals surface area contributed by atoms with E-state index in [0.717, 1.165) is 10.7 Å². The van der Waals surface area contributed by atoms with Crippen LogP contribution in [0.1, 0.15) is 35.4 Å². The van der Waals surface area contributed by atoms with Crippen molar-refractivity contribution in [3.63, 3.8) is 0 Å². The van der Waals surface area contributed by atoms with Crippen molar-refractivity contribution >= 4 is 64.0 Å². The number of benzene rings is 3. The summed E-state index contributed by atoms with van der Waals surface area (Å²) in [6, 6.07) is 20.6. The lowest BCUT2D eigenvalue weighted by molar-refractivity contribution is -0.139. The quantitative estimate of drug-likeness (QED) is 0.154. The number of carbonyl (C=O) groups excluding carboxylic acids is 4. The zero-order chi connectivity index (χ0) is 40.7. The summed E-state index contributed by atoms with van der Waals surface area (Å²) < 4.78 is 46.0. The maximum atomic E-state index is 15.3. The molecule has 6 atom stereocenters. The summed E-state index contributed by atoms with van der Waals surface area (Å²) in [4.78, 5) is 66.3. The van der Waals surface area contributed by atoms with Crippen LogP contribution >= 0.6 is 23.2 Å². The molecule has 4 aromatic rings. The number of aromatic nitrogens is 1. The molecule has 11 nitrogen and oxygen atoms in total. The SMILES string of the molecule is O=C1[C@@H]2C[C@@H]3C(=CC[C@@H]4C(=O)N(c5ccc(N6CCOCC6)cc5)C(=O)[C@@H]43)[C@H](c3cccc(O)c3)[C@]2(c2ccc(Cl)cc2)C(=O)N1Nc1ncc(C(F)(F)F)cc1Cl. The summed E-state index contributed by atoms with van der Waals surface area (Å²) in [5, 5.41) is 11.4. The first-order valence-electron chi connectivity index (χ1n) is 18.7. The van der Waals surface area contributed by atoms with Crippen LogP contribution in [0.5, 0.6) is 5.75 Å². The largest absolute Gasteiger partial charge is 0.508 e. The molecule has 4 heterocycles. The van der Waals surface area contributed by atoms with E-state index in [1.807, 2.05) is 18.2 Å². The van der Waals surface area contributed by atoms with Gasteiger partial charge in [0.05, 0.1) is 52.7 Å². The third-order valence-electron chi connectivity index (χ3n) is 12.2. The number of hydrazine groups is 1. The van der Waals surface area contributed by atoms with Gasteiger partial charge in [0.2, 0.25) is 11.8 Å². The van der Waals surface area contributed by atoms with Gasteiger partial charge in [-0.15, -0.1) is 0 Å². The number of anilines is 3. The van der Waals surface area contributed by atoms with Crippen LogP contribution < -0.4 is 15.2 Å². The lowest BCUT2D eigenvalue weighted by Crippen LogP contribution is -2.53. The Bertz CT molecular complexity index is 2390. The zero-order valence-corrected chi connectivity index (χ0v) is 32.0. The molecule has 4 fully saturated rings. The van der Waals surface area contributed by atoms with Crippen molar-refractivity contribution in [2.24, 2.45) is 23.7 Å². The monoisotopic (exact) mass is 831 g/mol. The van der Waals surface area contributed by atoms with Crippen LogP contribution in [0, 0.1) is 23.7 Å². The molecule has 3 aromatic carbocycles. The molecule has 5 aliphatic rings. The van der Waals surface area contributed by atoms with E-state index in [0.29, 0.717) is 66.0 Å². The second kappa shape index (κ2) is 14.1. The third-order valence-corrected chi connectivity index (χ3v) is 12.8. The molecule has 58 heavy (non-hydrogen) atoms. The number of ether oxygens (including phenoxy) is 1. The first-order valence-corrected chi connectivity index (χ1v) is 19.5. The maximum absolute atomic E-state index is 15.3. The van der Waals surface area contributed by atoms with Crippen molar-refractivity contribution in [1.82, 2.24) is 9.99 Å². The molecule has 298 valence electrons. The molecule has 0 bridgehead atoms. The molecule has 4 amide bonds. The summed E-state index contributed by atoms with van der Waals surface area (Å²) in [5.74, 6) is -7.23. The van der Waals surface area contributed by atoms with E-state index in [9.17, 15) is 32.7 Å². The van der Waals surface area contributed by atoms with Crippen LogP contribution in [0.2, 0.25) is 10.0 Å². The van der Waals surface area contributed by atoms with Crippen LogP contribution in [-0.4, -0.2) is 65.0 Å². The lowest BCUT2D eigenvalue weighted by Gasteiger charge is -2.50. The Balaban J connectivity index is 1.15. The first-order chi connectivity index (χ1) is 27.8. The summed E-state index contributed by atoms with van der Waals surface area (Å²) in [7, 11) is 0. The fourth-order valence-electron chi connectivity index (χ4n) is 9.75. The smallest absolute Gasteiger partial charge is 0.417 e. The highest BCUT2D eigenvalue weighted by molar-refractivity contribution is 6.33. The zero-order valence-electron chi connectivity index (χ0n) is 30.5. The molecule has 3 saturated heterocycles. The van der Waals surface area contributed by atoms with Crippen molar-refractivity contribution in [2.45, 2.75) is 30.4 Å². The summed E-state index contributed by atoms with van der Waals surface area (Å²) in [5.41, 5.74) is 2.65. The number of hydrogen-bond donors (Lipinski definition) is 2. The number of alkyl halides is 3. The average Bonchev–Trinajstić information content (AvgIpc) is 3.59. The minimum absolute atomic E-state index is 0.0370. The Hall–Kier alpha value is -5.44. The van der Waals surface area contributed by atoms with E-state index in [1.165, 1.54) is 17.0 Å². The Morgan fingerprint density at radius 1 is 0.862 bits per heavy atom.